The van der Waals surface area contributed by atoms with E-state index < -0.39 is 0 Å². The molecule has 3 heteroatoms. The number of aryl methyl sites for hydroxylation is 2. The summed E-state index contributed by atoms with van der Waals surface area (Å²) in [6, 6.07) is 12.2. The number of nitrogens with two attached hydrogens (primary N) is 1. The van der Waals surface area contributed by atoms with Gasteiger partial charge in [0.15, 0.2) is 0 Å². The summed E-state index contributed by atoms with van der Waals surface area (Å²) in [5.41, 5.74) is 11.5. The smallest absolute Gasteiger partial charge is 0.139 e. The molecule has 18 heavy (non-hydrogen) atoms. The molecule has 2 heterocycles. The molecule has 0 bridgehead atoms. The number of rotatable bonds is 1. The second-order valence-corrected chi connectivity index (χ2v) is 4.59. The van der Waals surface area contributed by atoms with Gasteiger partial charge in [0.05, 0.1) is 0 Å². The van der Waals surface area contributed by atoms with Gasteiger partial charge in [0.1, 0.15) is 17.2 Å². The third kappa shape index (κ3) is 1.56. The van der Waals surface area contributed by atoms with Gasteiger partial charge in [-0.2, -0.15) is 0 Å². The van der Waals surface area contributed by atoms with Crippen LogP contribution in [0, 0.1) is 13.8 Å². The van der Waals surface area contributed by atoms with Crippen molar-refractivity contribution in [2.75, 3.05) is 5.73 Å². The fourth-order valence-corrected chi connectivity index (χ4v) is 2.29. The third-order valence-electron chi connectivity index (χ3n) is 3.20. The van der Waals surface area contributed by atoms with Gasteiger partial charge in [0.25, 0.3) is 0 Å². The molecule has 0 unspecified atom stereocenters. The first-order valence-electron chi connectivity index (χ1n) is 5.97. The van der Waals surface area contributed by atoms with E-state index in [4.69, 9.17) is 5.73 Å². The fraction of sp³-hybridized carbons (Fsp3) is 0.133. The topological polar surface area (TPSA) is 43.3 Å². The van der Waals surface area contributed by atoms with E-state index in [9.17, 15) is 0 Å². The first kappa shape index (κ1) is 10.8. The Kier molecular flexibility index (Phi) is 2.33. The first-order valence-corrected chi connectivity index (χ1v) is 5.97. The van der Waals surface area contributed by atoms with Crippen LogP contribution in [0.2, 0.25) is 0 Å². The maximum Gasteiger partial charge on any atom is 0.139 e. The van der Waals surface area contributed by atoms with Gasteiger partial charge in [-0.25, -0.2) is 4.98 Å². The number of anilines is 1. The van der Waals surface area contributed by atoms with Crippen LogP contribution in [0.5, 0.6) is 0 Å². The molecule has 0 spiro atoms. The molecule has 0 aliphatic carbocycles. The molecule has 3 rings (SSSR count). The van der Waals surface area contributed by atoms with Crippen molar-refractivity contribution in [1.29, 1.82) is 0 Å². The summed E-state index contributed by atoms with van der Waals surface area (Å²) in [5.74, 6) is 0.692. The highest BCUT2D eigenvalue weighted by Crippen LogP contribution is 2.29. The van der Waals surface area contributed by atoms with E-state index in [2.05, 4.69) is 37.0 Å². The molecule has 0 saturated carbocycles. The summed E-state index contributed by atoms with van der Waals surface area (Å²) >= 11 is 0. The van der Waals surface area contributed by atoms with Crippen LogP contribution in [-0.4, -0.2) is 9.38 Å². The molecule has 2 N–H and O–H groups in total. The normalized spacial score (nSPS) is 11.0. The molecule has 0 fully saturated rings. The van der Waals surface area contributed by atoms with Gasteiger partial charge in [0.2, 0.25) is 0 Å². The van der Waals surface area contributed by atoms with E-state index in [1.54, 1.807) is 0 Å². The lowest BCUT2D eigenvalue weighted by Gasteiger charge is -2.05. The monoisotopic (exact) mass is 237 g/mol. The Hall–Kier alpha value is -2.29. The zero-order chi connectivity index (χ0) is 12.7. The molecule has 3 nitrogen and oxygen atoms in total. The van der Waals surface area contributed by atoms with Crippen LogP contribution in [0.3, 0.4) is 0 Å². The predicted molar refractivity (Wildman–Crippen MR) is 74.5 cm³/mol. The van der Waals surface area contributed by atoms with Crippen molar-refractivity contribution in [3.63, 3.8) is 0 Å². The number of pyridine rings is 1. The molecule has 0 aliphatic heterocycles. The minimum atomic E-state index is 0.692. The molecule has 0 radical (unpaired) electrons. The predicted octanol–water partition coefficient (Wildman–Crippen LogP) is 3.20. The van der Waals surface area contributed by atoms with Crippen molar-refractivity contribution < 1.29 is 0 Å². The zero-order valence-electron chi connectivity index (χ0n) is 10.5. The van der Waals surface area contributed by atoms with E-state index >= 15 is 0 Å². The van der Waals surface area contributed by atoms with E-state index in [0.717, 1.165) is 16.9 Å². The third-order valence-corrected chi connectivity index (χ3v) is 3.20. The van der Waals surface area contributed by atoms with Gasteiger partial charge in [-0.3, -0.25) is 4.40 Å². The van der Waals surface area contributed by atoms with E-state index in [0.29, 0.717) is 5.82 Å². The Balaban J connectivity index is 2.28. The molecular formula is C15H15N3. The summed E-state index contributed by atoms with van der Waals surface area (Å²) in [6.45, 7) is 4.18. The number of nitrogen functional groups attached to an aromatic ring is 1. The van der Waals surface area contributed by atoms with Gasteiger partial charge in [0, 0.05) is 11.8 Å². The molecular weight excluding hydrogens is 222 g/mol. The molecule has 3 aromatic rings. The van der Waals surface area contributed by atoms with Gasteiger partial charge in [-0.05, 0) is 31.5 Å². The standard InChI is InChI=1S/C15H15N3/c1-10-6-7-12(11(2)9-10)14-15(16)18-8-4-3-5-13(18)17-14/h3-9H,16H2,1-2H3. The molecule has 90 valence electrons. The van der Waals surface area contributed by atoms with Crippen molar-refractivity contribution in [2.24, 2.45) is 0 Å². The second kappa shape index (κ2) is 3.88. The molecule has 0 atom stereocenters. The second-order valence-electron chi connectivity index (χ2n) is 4.59. The number of imidazole rings is 1. The van der Waals surface area contributed by atoms with Crippen LogP contribution < -0.4 is 5.73 Å². The van der Waals surface area contributed by atoms with Crippen molar-refractivity contribution in [2.45, 2.75) is 13.8 Å². The summed E-state index contributed by atoms with van der Waals surface area (Å²) < 4.78 is 1.91. The summed E-state index contributed by atoms with van der Waals surface area (Å²) in [6.07, 6.45) is 1.94. The molecule has 0 aliphatic rings. The zero-order valence-corrected chi connectivity index (χ0v) is 10.5. The minimum absolute atomic E-state index is 0.692. The van der Waals surface area contributed by atoms with Gasteiger partial charge >= 0.3 is 0 Å². The first-order chi connectivity index (χ1) is 8.66. The maximum atomic E-state index is 6.18. The van der Waals surface area contributed by atoms with E-state index in [1.807, 2.05) is 28.8 Å². The SMILES string of the molecule is Cc1ccc(-c2nc3ccccn3c2N)c(C)c1. The number of fused-ring (bicyclic) bond motifs is 1. The average molecular weight is 237 g/mol. The van der Waals surface area contributed by atoms with Gasteiger partial charge in [-0.15, -0.1) is 0 Å². The van der Waals surface area contributed by atoms with Crippen molar-refractivity contribution in [1.82, 2.24) is 9.38 Å². The Morgan fingerprint density at radius 3 is 2.67 bits per heavy atom. The van der Waals surface area contributed by atoms with Crippen LogP contribution >= 0.6 is 0 Å². The number of hydrogen-bond donors (Lipinski definition) is 1. The molecule has 0 saturated heterocycles. The van der Waals surface area contributed by atoms with Crippen LogP contribution in [0.1, 0.15) is 11.1 Å². The molecule has 0 amide bonds. The van der Waals surface area contributed by atoms with E-state index in [-0.39, 0.29) is 0 Å². The quantitative estimate of drug-likeness (QED) is 0.706. The number of benzene rings is 1. The minimum Gasteiger partial charge on any atom is -0.383 e. The van der Waals surface area contributed by atoms with Crippen LogP contribution in [0.25, 0.3) is 16.9 Å². The Morgan fingerprint density at radius 2 is 1.94 bits per heavy atom. The lowest BCUT2D eigenvalue weighted by atomic mass is 10.0. The largest absolute Gasteiger partial charge is 0.383 e. The summed E-state index contributed by atoms with van der Waals surface area (Å²) in [4.78, 5) is 4.61. The summed E-state index contributed by atoms with van der Waals surface area (Å²) in [5, 5.41) is 0. The lowest BCUT2D eigenvalue weighted by Crippen LogP contribution is -1.94. The number of aromatic nitrogens is 2. The Labute approximate surface area is 106 Å². The highest BCUT2D eigenvalue weighted by atomic mass is 15.1. The van der Waals surface area contributed by atoms with E-state index in [1.165, 1.54) is 11.1 Å². The number of hydrogen-bond acceptors (Lipinski definition) is 2. The fourth-order valence-electron chi connectivity index (χ4n) is 2.29. The lowest BCUT2D eigenvalue weighted by molar-refractivity contribution is 1.20. The maximum absolute atomic E-state index is 6.18. The molecule has 1 aromatic carbocycles. The summed E-state index contributed by atoms with van der Waals surface area (Å²) in [7, 11) is 0. The van der Waals surface area contributed by atoms with Crippen molar-refractivity contribution in [3.8, 4) is 11.3 Å². The number of nitrogens with zero attached hydrogens (tertiary/aromatic N) is 2. The van der Waals surface area contributed by atoms with Crippen LogP contribution in [0.15, 0.2) is 42.6 Å². The van der Waals surface area contributed by atoms with Gasteiger partial charge < -0.3 is 5.73 Å². The van der Waals surface area contributed by atoms with Crippen LogP contribution in [0.4, 0.5) is 5.82 Å². The Morgan fingerprint density at radius 1 is 1.11 bits per heavy atom. The van der Waals surface area contributed by atoms with Crippen LogP contribution in [-0.2, 0) is 0 Å². The van der Waals surface area contributed by atoms with Gasteiger partial charge in [-0.1, -0.05) is 29.8 Å². The average Bonchev–Trinajstić information content (AvgIpc) is 2.68. The van der Waals surface area contributed by atoms with Crippen molar-refractivity contribution in [3.05, 3.63) is 53.7 Å². The highest BCUT2D eigenvalue weighted by molar-refractivity contribution is 5.77. The molecule has 2 aromatic heterocycles. The highest BCUT2D eigenvalue weighted by Gasteiger charge is 2.12. The van der Waals surface area contributed by atoms with Crippen molar-refractivity contribution >= 4 is 11.5 Å². The Bertz CT molecular complexity index is 726.